The Morgan fingerprint density at radius 1 is 1.27 bits per heavy atom. The molecule has 0 bridgehead atoms. The normalized spacial score (nSPS) is 19.8. The molecule has 0 saturated carbocycles. The van der Waals surface area contributed by atoms with E-state index >= 15 is 0 Å². The first-order valence-electron chi connectivity index (χ1n) is 12.3. The molecular weight excluding hydrogens is 480 g/mol. The highest BCUT2D eigenvalue weighted by molar-refractivity contribution is 5.98. The molecule has 0 aliphatic carbocycles. The third kappa shape index (κ3) is 6.33. The molecule has 2 heterocycles. The second-order valence-electron chi connectivity index (χ2n) is 9.28. The standard InChI is InChI=1S/C28H29F2N3O4/c1-36-28(35)23-17-32(11-2-5-21-15-22(29)7-8-24(21)30)13-10-20(23)4-3-12-33-25-14-19(16-31)6-9-26(25)37-18-27(33)34/h2,5-9,14-15,20,23H,3-4,10-13,17-18H2,1H3/b5-2+. The molecule has 2 aliphatic rings. The quantitative estimate of drug-likeness (QED) is 0.497. The number of nitriles is 1. The second kappa shape index (κ2) is 12.0. The Morgan fingerprint density at radius 3 is 2.89 bits per heavy atom. The van der Waals surface area contributed by atoms with E-state index in [4.69, 9.17) is 9.47 Å². The van der Waals surface area contributed by atoms with Crippen LogP contribution in [-0.4, -0.2) is 56.7 Å². The van der Waals surface area contributed by atoms with Crippen LogP contribution in [0.15, 0.2) is 42.5 Å². The summed E-state index contributed by atoms with van der Waals surface area (Å²) in [6, 6.07) is 10.4. The lowest BCUT2D eigenvalue weighted by molar-refractivity contribution is -0.149. The molecule has 0 radical (unpaired) electrons. The van der Waals surface area contributed by atoms with Gasteiger partial charge in [0.1, 0.15) is 17.4 Å². The highest BCUT2D eigenvalue weighted by Crippen LogP contribution is 2.34. The maximum atomic E-state index is 13.9. The number of ether oxygens (including phenoxy) is 2. The lowest BCUT2D eigenvalue weighted by atomic mass is 9.82. The van der Waals surface area contributed by atoms with Crippen molar-refractivity contribution in [2.75, 3.05) is 44.8 Å². The van der Waals surface area contributed by atoms with Crippen LogP contribution >= 0.6 is 0 Å². The zero-order valence-electron chi connectivity index (χ0n) is 20.7. The Morgan fingerprint density at radius 2 is 2.11 bits per heavy atom. The van der Waals surface area contributed by atoms with Crippen molar-refractivity contribution >= 4 is 23.6 Å². The van der Waals surface area contributed by atoms with Crippen LogP contribution in [0.3, 0.4) is 0 Å². The zero-order chi connectivity index (χ0) is 26.4. The molecule has 0 N–H and O–H groups in total. The fraction of sp³-hybridized carbons (Fsp3) is 0.393. The van der Waals surface area contributed by atoms with Gasteiger partial charge in [0.25, 0.3) is 5.91 Å². The van der Waals surface area contributed by atoms with Gasteiger partial charge in [-0.05, 0) is 68.1 Å². The fourth-order valence-corrected chi connectivity index (χ4v) is 5.00. The average molecular weight is 510 g/mol. The van der Waals surface area contributed by atoms with Crippen LogP contribution in [-0.2, 0) is 14.3 Å². The van der Waals surface area contributed by atoms with E-state index < -0.39 is 11.6 Å². The summed E-state index contributed by atoms with van der Waals surface area (Å²) >= 11 is 0. The molecule has 2 aromatic carbocycles. The zero-order valence-corrected chi connectivity index (χ0v) is 20.7. The number of fused-ring (bicyclic) bond motifs is 1. The Bertz CT molecular complexity index is 1230. The van der Waals surface area contributed by atoms with Crippen LogP contribution in [0.4, 0.5) is 14.5 Å². The number of piperidine rings is 1. The van der Waals surface area contributed by atoms with Crippen LogP contribution in [0, 0.1) is 34.8 Å². The van der Waals surface area contributed by atoms with Gasteiger partial charge in [-0.1, -0.05) is 12.2 Å². The van der Waals surface area contributed by atoms with Crippen LogP contribution in [0.25, 0.3) is 6.08 Å². The van der Waals surface area contributed by atoms with Crippen molar-refractivity contribution in [3.63, 3.8) is 0 Å². The molecule has 7 nitrogen and oxygen atoms in total. The molecule has 1 fully saturated rings. The SMILES string of the molecule is COC(=O)C1CN(C/C=C/c2cc(F)ccc2F)CCC1CCCN1C(=O)COc2ccc(C#N)cc21. The number of anilines is 1. The third-order valence-electron chi connectivity index (χ3n) is 6.95. The molecule has 1 saturated heterocycles. The number of carbonyl (C=O) groups excluding carboxylic acids is 2. The van der Waals surface area contributed by atoms with E-state index in [9.17, 15) is 23.6 Å². The van der Waals surface area contributed by atoms with Gasteiger partial charge >= 0.3 is 5.97 Å². The van der Waals surface area contributed by atoms with Crippen LogP contribution in [0.1, 0.15) is 30.4 Å². The number of methoxy groups -OCH3 is 1. The number of hydrogen-bond donors (Lipinski definition) is 0. The first-order valence-corrected chi connectivity index (χ1v) is 12.3. The van der Waals surface area contributed by atoms with Crippen molar-refractivity contribution in [3.8, 4) is 11.8 Å². The minimum atomic E-state index is -0.500. The lowest BCUT2D eigenvalue weighted by Gasteiger charge is -2.37. The summed E-state index contributed by atoms with van der Waals surface area (Å²) in [7, 11) is 1.38. The maximum Gasteiger partial charge on any atom is 0.310 e. The molecule has 9 heteroatoms. The van der Waals surface area contributed by atoms with Gasteiger partial charge in [-0.3, -0.25) is 14.5 Å². The number of rotatable bonds is 8. The average Bonchev–Trinajstić information content (AvgIpc) is 2.91. The smallest absolute Gasteiger partial charge is 0.310 e. The predicted molar refractivity (Wildman–Crippen MR) is 134 cm³/mol. The third-order valence-corrected chi connectivity index (χ3v) is 6.95. The summed E-state index contributed by atoms with van der Waals surface area (Å²) in [5.74, 6) is -1.09. The van der Waals surface area contributed by atoms with E-state index in [0.29, 0.717) is 43.1 Å². The highest BCUT2D eigenvalue weighted by Gasteiger charge is 2.35. The number of nitrogens with zero attached hydrogens (tertiary/aromatic N) is 3. The first kappa shape index (κ1) is 26.3. The van der Waals surface area contributed by atoms with Crippen molar-refractivity contribution in [1.82, 2.24) is 4.90 Å². The van der Waals surface area contributed by atoms with Gasteiger partial charge in [-0.25, -0.2) is 8.78 Å². The summed E-state index contributed by atoms with van der Waals surface area (Å²) in [5, 5.41) is 9.22. The number of halogens is 2. The lowest BCUT2D eigenvalue weighted by Crippen LogP contribution is -2.44. The van der Waals surface area contributed by atoms with Gasteiger partial charge in [0.15, 0.2) is 6.61 Å². The van der Waals surface area contributed by atoms with Crippen LogP contribution < -0.4 is 9.64 Å². The number of amides is 1. The highest BCUT2D eigenvalue weighted by atomic mass is 19.1. The van der Waals surface area contributed by atoms with Gasteiger partial charge in [-0.15, -0.1) is 0 Å². The molecular formula is C28H29F2N3O4. The summed E-state index contributed by atoms with van der Waals surface area (Å²) in [6.45, 7) is 2.16. The van der Waals surface area contributed by atoms with Crippen molar-refractivity contribution in [2.24, 2.45) is 11.8 Å². The Kier molecular flexibility index (Phi) is 8.51. The van der Waals surface area contributed by atoms with E-state index in [1.807, 2.05) is 0 Å². The summed E-state index contributed by atoms with van der Waals surface area (Å²) in [5.41, 5.74) is 1.23. The maximum absolute atomic E-state index is 13.9. The molecule has 194 valence electrons. The number of hydrogen-bond acceptors (Lipinski definition) is 6. The molecule has 0 aromatic heterocycles. The van der Waals surface area contributed by atoms with Gasteiger partial charge in [-0.2, -0.15) is 5.26 Å². The molecule has 2 aliphatic heterocycles. The monoisotopic (exact) mass is 509 g/mol. The van der Waals surface area contributed by atoms with E-state index in [1.54, 1.807) is 35.3 Å². The molecule has 2 atom stereocenters. The van der Waals surface area contributed by atoms with E-state index in [2.05, 4.69) is 11.0 Å². The van der Waals surface area contributed by atoms with Crippen molar-refractivity contribution in [2.45, 2.75) is 19.3 Å². The van der Waals surface area contributed by atoms with Gasteiger partial charge < -0.3 is 14.4 Å². The summed E-state index contributed by atoms with van der Waals surface area (Å²) < 4.78 is 37.8. The molecule has 2 aromatic rings. The number of carbonyl (C=O) groups is 2. The van der Waals surface area contributed by atoms with E-state index in [0.717, 1.165) is 37.6 Å². The molecule has 2 unspecified atom stereocenters. The molecule has 0 spiro atoms. The van der Waals surface area contributed by atoms with Crippen LogP contribution in [0.5, 0.6) is 5.75 Å². The first-order chi connectivity index (χ1) is 17.9. The van der Waals surface area contributed by atoms with Crippen molar-refractivity contribution in [1.29, 1.82) is 5.26 Å². The Labute approximate surface area is 214 Å². The molecule has 1 amide bonds. The van der Waals surface area contributed by atoms with Gasteiger partial charge in [0, 0.05) is 25.2 Å². The van der Waals surface area contributed by atoms with Crippen molar-refractivity contribution in [3.05, 3.63) is 65.2 Å². The molecule has 37 heavy (non-hydrogen) atoms. The second-order valence-corrected chi connectivity index (χ2v) is 9.28. The largest absolute Gasteiger partial charge is 0.482 e. The topological polar surface area (TPSA) is 82.9 Å². The summed E-state index contributed by atoms with van der Waals surface area (Å²) in [6.07, 6.45) is 5.50. The Hall–Kier alpha value is -3.77. The van der Waals surface area contributed by atoms with E-state index in [1.165, 1.54) is 7.11 Å². The Balaban J connectivity index is 1.35. The minimum Gasteiger partial charge on any atom is -0.482 e. The number of esters is 1. The number of benzene rings is 2. The predicted octanol–water partition coefficient (Wildman–Crippen LogP) is 4.17. The fourth-order valence-electron chi connectivity index (χ4n) is 5.00. The van der Waals surface area contributed by atoms with Gasteiger partial charge in [0.05, 0.1) is 30.3 Å². The van der Waals surface area contributed by atoms with Crippen LogP contribution in [0.2, 0.25) is 0 Å². The summed E-state index contributed by atoms with van der Waals surface area (Å²) in [4.78, 5) is 28.9. The van der Waals surface area contributed by atoms with E-state index in [-0.39, 0.29) is 35.9 Å². The van der Waals surface area contributed by atoms with Crippen molar-refractivity contribution < 1.29 is 27.8 Å². The minimum absolute atomic E-state index is 0.0465. The molecule has 4 rings (SSSR count). The number of likely N-dealkylation sites (tertiary alicyclic amines) is 1. The van der Waals surface area contributed by atoms with Gasteiger partial charge in [0.2, 0.25) is 0 Å².